The van der Waals surface area contributed by atoms with Crippen molar-refractivity contribution in [1.82, 2.24) is 25.5 Å². The molecule has 118 valence electrons. The first-order valence-corrected chi connectivity index (χ1v) is 7.22. The van der Waals surface area contributed by atoms with Gasteiger partial charge in [0.05, 0.1) is 24.2 Å². The Morgan fingerprint density at radius 2 is 2.09 bits per heavy atom. The predicted molar refractivity (Wildman–Crippen MR) is 85.3 cm³/mol. The van der Waals surface area contributed by atoms with E-state index >= 15 is 0 Å². The highest BCUT2D eigenvalue weighted by Crippen LogP contribution is 2.22. The maximum Gasteiger partial charge on any atom is 0.252 e. The molecule has 0 aliphatic heterocycles. The number of hydrogen-bond donors (Lipinski definition) is 2. The molecule has 0 fully saturated rings. The van der Waals surface area contributed by atoms with E-state index in [1.54, 1.807) is 6.07 Å². The van der Waals surface area contributed by atoms with E-state index in [2.05, 4.69) is 25.5 Å². The third kappa shape index (κ3) is 2.98. The van der Waals surface area contributed by atoms with E-state index < -0.39 is 0 Å². The number of benzene rings is 1. The number of rotatable bonds is 4. The molecule has 3 rings (SSSR count). The van der Waals surface area contributed by atoms with Crippen LogP contribution in [-0.4, -0.2) is 33.2 Å². The van der Waals surface area contributed by atoms with Gasteiger partial charge < -0.3 is 10.1 Å². The Balaban J connectivity index is 1.94. The second-order valence-electron chi connectivity index (χ2n) is 5.20. The van der Waals surface area contributed by atoms with E-state index in [0.29, 0.717) is 28.6 Å². The van der Waals surface area contributed by atoms with Crippen LogP contribution in [0.1, 0.15) is 35.0 Å². The summed E-state index contributed by atoms with van der Waals surface area (Å²) in [5, 5.41) is 10.5. The molecule has 0 saturated carbocycles. The maximum atomic E-state index is 12.7. The van der Waals surface area contributed by atoms with Gasteiger partial charge in [0.2, 0.25) is 5.88 Å². The van der Waals surface area contributed by atoms with Gasteiger partial charge in [0.25, 0.3) is 5.91 Å². The number of nitrogens with one attached hydrogen (secondary N) is 2. The van der Waals surface area contributed by atoms with E-state index in [1.807, 2.05) is 38.1 Å². The van der Waals surface area contributed by atoms with Gasteiger partial charge in [0.15, 0.2) is 5.82 Å². The van der Waals surface area contributed by atoms with Gasteiger partial charge in [0.1, 0.15) is 5.82 Å². The summed E-state index contributed by atoms with van der Waals surface area (Å²) in [5.41, 5.74) is 1.21. The summed E-state index contributed by atoms with van der Waals surface area (Å²) in [7, 11) is 1.53. The van der Waals surface area contributed by atoms with Crippen LogP contribution < -0.4 is 10.1 Å². The third-order valence-corrected chi connectivity index (χ3v) is 3.50. The Morgan fingerprint density at radius 3 is 2.78 bits per heavy atom. The Kier molecular flexibility index (Phi) is 3.92. The van der Waals surface area contributed by atoms with Gasteiger partial charge in [-0.05, 0) is 19.9 Å². The highest BCUT2D eigenvalue weighted by Gasteiger charge is 2.18. The van der Waals surface area contributed by atoms with E-state index in [9.17, 15) is 4.79 Å². The van der Waals surface area contributed by atoms with Gasteiger partial charge in [-0.25, -0.2) is 9.97 Å². The second kappa shape index (κ2) is 6.04. The summed E-state index contributed by atoms with van der Waals surface area (Å²) in [6.45, 7) is 3.65. The van der Waals surface area contributed by atoms with Crippen molar-refractivity contribution in [1.29, 1.82) is 0 Å². The number of fused-ring (bicyclic) bond motifs is 1. The number of para-hydroxylation sites is 1. The van der Waals surface area contributed by atoms with Crippen LogP contribution in [0.3, 0.4) is 0 Å². The number of amides is 1. The molecular formula is C16H17N5O2. The summed E-state index contributed by atoms with van der Waals surface area (Å²) < 4.78 is 5.19. The summed E-state index contributed by atoms with van der Waals surface area (Å²) >= 11 is 0. The highest BCUT2D eigenvalue weighted by atomic mass is 16.5. The van der Waals surface area contributed by atoms with Crippen molar-refractivity contribution in [2.45, 2.75) is 19.9 Å². The van der Waals surface area contributed by atoms with Crippen molar-refractivity contribution >= 4 is 16.8 Å². The minimum atomic E-state index is -0.314. The number of methoxy groups -OCH3 is 1. The molecule has 0 aliphatic rings. The molecule has 2 heterocycles. The lowest BCUT2D eigenvalue weighted by atomic mass is 10.1. The van der Waals surface area contributed by atoms with Crippen LogP contribution in [0, 0.1) is 6.92 Å². The van der Waals surface area contributed by atoms with Crippen molar-refractivity contribution < 1.29 is 9.53 Å². The number of H-pyrrole nitrogens is 1. The van der Waals surface area contributed by atoms with Gasteiger partial charge in [-0.2, -0.15) is 5.10 Å². The Labute approximate surface area is 133 Å². The lowest BCUT2D eigenvalue weighted by molar-refractivity contribution is 0.0939. The maximum absolute atomic E-state index is 12.7. The fraction of sp³-hybridized carbons (Fsp3) is 0.250. The van der Waals surface area contributed by atoms with Gasteiger partial charge in [0, 0.05) is 11.5 Å². The molecule has 7 nitrogen and oxygen atoms in total. The number of nitrogens with zero attached hydrogens (tertiary/aromatic N) is 3. The van der Waals surface area contributed by atoms with Gasteiger partial charge in [-0.1, -0.05) is 18.2 Å². The molecule has 1 aromatic carbocycles. The van der Waals surface area contributed by atoms with Crippen LogP contribution in [0.25, 0.3) is 10.9 Å². The number of carbonyl (C=O) groups is 1. The molecule has 0 unspecified atom stereocenters. The van der Waals surface area contributed by atoms with Crippen molar-refractivity contribution in [3.8, 4) is 5.88 Å². The summed E-state index contributed by atoms with van der Waals surface area (Å²) in [6, 6.07) is 8.76. The first-order chi connectivity index (χ1) is 11.1. The molecule has 7 heteroatoms. The van der Waals surface area contributed by atoms with E-state index in [-0.39, 0.29) is 11.9 Å². The molecule has 2 N–H and O–H groups in total. The average molecular weight is 311 g/mol. The Hall–Kier alpha value is -2.96. The number of aromatic amines is 1. The molecular weight excluding hydrogens is 294 g/mol. The zero-order valence-corrected chi connectivity index (χ0v) is 13.1. The van der Waals surface area contributed by atoms with Crippen LogP contribution in [-0.2, 0) is 0 Å². The number of pyridine rings is 1. The molecule has 0 bridgehead atoms. The van der Waals surface area contributed by atoms with Gasteiger partial charge >= 0.3 is 0 Å². The average Bonchev–Trinajstić information content (AvgIpc) is 3.00. The first-order valence-electron chi connectivity index (χ1n) is 7.22. The van der Waals surface area contributed by atoms with Crippen LogP contribution in [0.2, 0.25) is 0 Å². The number of hydrogen-bond acceptors (Lipinski definition) is 5. The molecule has 0 spiro atoms. The van der Waals surface area contributed by atoms with Crippen molar-refractivity contribution in [2.75, 3.05) is 7.11 Å². The normalized spacial score (nSPS) is 12.1. The van der Waals surface area contributed by atoms with E-state index in [1.165, 1.54) is 7.11 Å². The van der Waals surface area contributed by atoms with Gasteiger partial charge in [-0.3, -0.25) is 9.89 Å². The number of aromatic nitrogens is 4. The van der Waals surface area contributed by atoms with Crippen LogP contribution in [0.5, 0.6) is 5.88 Å². The Bertz CT molecular complexity index is 859. The largest absolute Gasteiger partial charge is 0.481 e. The van der Waals surface area contributed by atoms with Gasteiger partial charge in [-0.15, -0.1) is 0 Å². The van der Waals surface area contributed by atoms with Crippen LogP contribution >= 0.6 is 0 Å². The zero-order chi connectivity index (χ0) is 16.4. The minimum Gasteiger partial charge on any atom is -0.481 e. The fourth-order valence-corrected chi connectivity index (χ4v) is 2.34. The van der Waals surface area contributed by atoms with Crippen molar-refractivity contribution in [3.63, 3.8) is 0 Å². The number of aryl methyl sites for hydroxylation is 1. The number of carbonyl (C=O) groups excluding carboxylic acids is 1. The molecule has 2 aromatic heterocycles. The molecule has 0 radical (unpaired) electrons. The predicted octanol–water partition coefficient (Wildman–Crippen LogP) is 2.16. The molecule has 1 atom stereocenters. The van der Waals surface area contributed by atoms with E-state index in [4.69, 9.17) is 4.74 Å². The second-order valence-corrected chi connectivity index (χ2v) is 5.20. The van der Waals surface area contributed by atoms with Crippen LogP contribution in [0.15, 0.2) is 30.3 Å². The summed E-state index contributed by atoms with van der Waals surface area (Å²) in [4.78, 5) is 21.2. The fourth-order valence-electron chi connectivity index (χ4n) is 2.34. The summed E-state index contributed by atoms with van der Waals surface area (Å²) in [6.07, 6.45) is 0. The monoisotopic (exact) mass is 311 g/mol. The third-order valence-electron chi connectivity index (χ3n) is 3.50. The topological polar surface area (TPSA) is 92.8 Å². The molecule has 1 amide bonds. The lowest BCUT2D eigenvalue weighted by Crippen LogP contribution is -2.27. The van der Waals surface area contributed by atoms with Crippen molar-refractivity contribution in [3.05, 3.63) is 47.5 Å². The zero-order valence-electron chi connectivity index (χ0n) is 13.1. The first kappa shape index (κ1) is 15.0. The molecule has 0 aliphatic carbocycles. The summed E-state index contributed by atoms with van der Waals surface area (Å²) in [5.74, 6) is 1.42. The highest BCUT2D eigenvalue weighted by molar-refractivity contribution is 6.06. The van der Waals surface area contributed by atoms with E-state index in [0.717, 1.165) is 5.39 Å². The van der Waals surface area contributed by atoms with Crippen molar-refractivity contribution in [2.24, 2.45) is 0 Å². The minimum absolute atomic E-state index is 0.225. The smallest absolute Gasteiger partial charge is 0.252 e. The molecule has 0 saturated heterocycles. The quantitative estimate of drug-likeness (QED) is 0.770. The SMILES string of the molecule is COc1cc(C(=O)N[C@H](C)c2n[nH]c(C)n2)c2ccccc2n1. The molecule has 3 aromatic rings. The Morgan fingerprint density at radius 1 is 1.30 bits per heavy atom. The number of ether oxygens (including phenoxy) is 1. The van der Waals surface area contributed by atoms with Crippen LogP contribution in [0.4, 0.5) is 0 Å². The lowest BCUT2D eigenvalue weighted by Gasteiger charge is -2.13. The standard InChI is InChI=1S/C16H17N5O2/c1-9(15-18-10(2)20-21-15)17-16(22)12-8-14(23-3)19-13-7-5-4-6-11(12)13/h4-9H,1-3H3,(H,17,22)(H,18,20,21)/t9-/m1/s1. The molecule has 23 heavy (non-hydrogen) atoms.